The summed E-state index contributed by atoms with van der Waals surface area (Å²) in [7, 11) is 0. The molecule has 2 aromatic heterocycles. The lowest BCUT2D eigenvalue weighted by atomic mass is 10.3. The Kier molecular flexibility index (Phi) is 4.00. The first-order chi connectivity index (χ1) is 9.81. The fourth-order valence-electron chi connectivity index (χ4n) is 2.00. The summed E-state index contributed by atoms with van der Waals surface area (Å²) in [6.45, 7) is 3.33. The summed E-state index contributed by atoms with van der Waals surface area (Å²) in [4.78, 5) is 4.63. The summed E-state index contributed by atoms with van der Waals surface area (Å²) < 4.78 is 3.28. The van der Waals surface area contributed by atoms with Gasteiger partial charge in [-0.3, -0.25) is 0 Å². The topological polar surface area (TPSA) is 69.6 Å². The molecule has 0 bridgehead atoms. The SMILES string of the molecule is CCn1c(CN)nnc1SCc1nc2ccccc2s1. The summed E-state index contributed by atoms with van der Waals surface area (Å²) in [5.41, 5.74) is 6.72. The Hall–Kier alpha value is -1.44. The Morgan fingerprint density at radius 2 is 2.15 bits per heavy atom. The van der Waals surface area contributed by atoms with Gasteiger partial charge in [-0.2, -0.15) is 0 Å². The van der Waals surface area contributed by atoms with E-state index in [1.165, 1.54) is 4.70 Å². The van der Waals surface area contributed by atoms with Crippen molar-refractivity contribution in [2.45, 2.75) is 30.9 Å². The van der Waals surface area contributed by atoms with Crippen LogP contribution in [0.1, 0.15) is 17.8 Å². The van der Waals surface area contributed by atoms with Crippen molar-refractivity contribution >= 4 is 33.3 Å². The number of thioether (sulfide) groups is 1. The molecule has 0 radical (unpaired) electrons. The fourth-order valence-corrected chi connectivity index (χ4v) is 3.98. The quantitative estimate of drug-likeness (QED) is 0.734. The van der Waals surface area contributed by atoms with Crippen LogP contribution in [0.25, 0.3) is 10.2 Å². The first kappa shape index (κ1) is 13.5. The van der Waals surface area contributed by atoms with E-state index >= 15 is 0 Å². The van der Waals surface area contributed by atoms with Crippen molar-refractivity contribution in [3.8, 4) is 0 Å². The third-order valence-corrected chi connectivity index (χ3v) is 5.15. The van der Waals surface area contributed by atoms with Gasteiger partial charge in [0.2, 0.25) is 0 Å². The van der Waals surface area contributed by atoms with Crippen molar-refractivity contribution in [2.75, 3.05) is 0 Å². The predicted octanol–water partition coefficient (Wildman–Crippen LogP) is 2.66. The molecule has 7 heteroatoms. The van der Waals surface area contributed by atoms with E-state index in [0.29, 0.717) is 6.54 Å². The number of nitrogens with two attached hydrogens (primary N) is 1. The zero-order valence-electron chi connectivity index (χ0n) is 11.1. The standard InChI is InChI=1S/C13H15N5S2/c1-2-18-11(7-14)16-17-13(18)19-8-12-15-9-5-3-4-6-10(9)20-12/h3-6H,2,7-8,14H2,1H3. The normalized spacial score (nSPS) is 11.3. The van der Waals surface area contributed by atoms with Crippen LogP contribution in [0, 0.1) is 0 Å². The Morgan fingerprint density at radius 1 is 1.30 bits per heavy atom. The first-order valence-corrected chi connectivity index (χ1v) is 8.21. The Labute approximate surface area is 125 Å². The van der Waals surface area contributed by atoms with Crippen LogP contribution >= 0.6 is 23.1 Å². The maximum atomic E-state index is 5.65. The minimum atomic E-state index is 0.419. The monoisotopic (exact) mass is 305 g/mol. The van der Waals surface area contributed by atoms with E-state index in [-0.39, 0.29) is 0 Å². The molecule has 0 aliphatic carbocycles. The molecule has 0 spiro atoms. The molecule has 2 N–H and O–H groups in total. The molecule has 3 aromatic rings. The van der Waals surface area contributed by atoms with Gasteiger partial charge in [-0.15, -0.1) is 21.5 Å². The van der Waals surface area contributed by atoms with Gasteiger partial charge in [0.25, 0.3) is 0 Å². The van der Waals surface area contributed by atoms with Gasteiger partial charge in [-0.1, -0.05) is 23.9 Å². The molecule has 0 atom stereocenters. The summed E-state index contributed by atoms with van der Waals surface area (Å²) in [5, 5.41) is 10.3. The average Bonchev–Trinajstić information content (AvgIpc) is 3.07. The summed E-state index contributed by atoms with van der Waals surface area (Å²) in [6, 6.07) is 8.20. The van der Waals surface area contributed by atoms with E-state index in [0.717, 1.165) is 33.8 Å². The second kappa shape index (κ2) is 5.90. The minimum Gasteiger partial charge on any atom is -0.324 e. The van der Waals surface area contributed by atoms with Crippen LogP contribution in [0.5, 0.6) is 0 Å². The highest BCUT2D eigenvalue weighted by Crippen LogP contribution is 2.27. The van der Waals surface area contributed by atoms with Gasteiger partial charge in [-0.05, 0) is 19.1 Å². The van der Waals surface area contributed by atoms with Gasteiger partial charge in [0.05, 0.1) is 22.5 Å². The second-order valence-electron chi connectivity index (χ2n) is 4.21. The average molecular weight is 305 g/mol. The summed E-state index contributed by atoms with van der Waals surface area (Å²) in [6.07, 6.45) is 0. The van der Waals surface area contributed by atoms with Crippen molar-refractivity contribution in [1.29, 1.82) is 0 Å². The van der Waals surface area contributed by atoms with Crippen LogP contribution in [0.4, 0.5) is 0 Å². The molecule has 0 unspecified atom stereocenters. The second-order valence-corrected chi connectivity index (χ2v) is 6.27. The van der Waals surface area contributed by atoms with Gasteiger partial charge in [0.1, 0.15) is 10.8 Å². The number of aromatic nitrogens is 4. The number of benzene rings is 1. The number of para-hydroxylation sites is 1. The van der Waals surface area contributed by atoms with Crippen molar-refractivity contribution in [1.82, 2.24) is 19.7 Å². The zero-order valence-corrected chi connectivity index (χ0v) is 12.7. The van der Waals surface area contributed by atoms with Crippen LogP contribution in [0.2, 0.25) is 0 Å². The van der Waals surface area contributed by atoms with Crippen molar-refractivity contribution in [3.05, 3.63) is 35.1 Å². The van der Waals surface area contributed by atoms with Gasteiger partial charge < -0.3 is 10.3 Å². The first-order valence-electron chi connectivity index (χ1n) is 6.41. The molecule has 3 rings (SSSR count). The lowest BCUT2D eigenvalue weighted by Crippen LogP contribution is -2.08. The zero-order chi connectivity index (χ0) is 13.9. The van der Waals surface area contributed by atoms with E-state index in [4.69, 9.17) is 5.73 Å². The summed E-state index contributed by atoms with van der Waals surface area (Å²) >= 11 is 3.39. The molecule has 0 fully saturated rings. The third-order valence-electron chi connectivity index (χ3n) is 2.96. The number of fused-ring (bicyclic) bond motifs is 1. The lowest BCUT2D eigenvalue weighted by Gasteiger charge is -2.04. The molecular formula is C13H15N5S2. The smallest absolute Gasteiger partial charge is 0.191 e. The van der Waals surface area contributed by atoms with E-state index in [1.54, 1.807) is 23.1 Å². The lowest BCUT2D eigenvalue weighted by molar-refractivity contribution is 0.643. The number of thiazole rings is 1. The van der Waals surface area contributed by atoms with Crippen LogP contribution in [-0.4, -0.2) is 19.7 Å². The fraction of sp³-hybridized carbons (Fsp3) is 0.308. The van der Waals surface area contributed by atoms with E-state index < -0.39 is 0 Å². The molecule has 0 saturated carbocycles. The highest BCUT2D eigenvalue weighted by molar-refractivity contribution is 7.98. The van der Waals surface area contributed by atoms with E-state index in [1.807, 2.05) is 18.2 Å². The number of nitrogens with zero attached hydrogens (tertiary/aromatic N) is 4. The molecule has 20 heavy (non-hydrogen) atoms. The van der Waals surface area contributed by atoms with Crippen molar-refractivity contribution in [3.63, 3.8) is 0 Å². The Morgan fingerprint density at radius 3 is 2.90 bits per heavy atom. The molecule has 0 aliphatic rings. The van der Waals surface area contributed by atoms with Crippen LogP contribution in [0.3, 0.4) is 0 Å². The number of hydrogen-bond acceptors (Lipinski definition) is 6. The van der Waals surface area contributed by atoms with Gasteiger partial charge in [0, 0.05) is 6.54 Å². The van der Waals surface area contributed by atoms with Crippen molar-refractivity contribution < 1.29 is 0 Å². The molecule has 0 saturated heterocycles. The molecule has 5 nitrogen and oxygen atoms in total. The Bertz CT molecular complexity index is 685. The van der Waals surface area contributed by atoms with Gasteiger partial charge >= 0.3 is 0 Å². The Balaban J connectivity index is 1.77. The largest absolute Gasteiger partial charge is 0.324 e. The molecule has 2 heterocycles. The maximum absolute atomic E-state index is 5.65. The molecular weight excluding hydrogens is 290 g/mol. The van der Waals surface area contributed by atoms with E-state index in [2.05, 4.69) is 32.7 Å². The molecule has 0 aliphatic heterocycles. The molecule has 0 amide bonds. The van der Waals surface area contributed by atoms with Gasteiger partial charge in [-0.25, -0.2) is 4.98 Å². The minimum absolute atomic E-state index is 0.419. The highest BCUT2D eigenvalue weighted by atomic mass is 32.2. The van der Waals surface area contributed by atoms with Gasteiger partial charge in [0.15, 0.2) is 5.16 Å². The molecule has 104 valence electrons. The third kappa shape index (κ3) is 2.56. The van der Waals surface area contributed by atoms with Crippen molar-refractivity contribution in [2.24, 2.45) is 5.73 Å². The van der Waals surface area contributed by atoms with E-state index in [9.17, 15) is 0 Å². The van der Waals surface area contributed by atoms with Crippen LogP contribution < -0.4 is 5.73 Å². The molecule has 1 aromatic carbocycles. The van der Waals surface area contributed by atoms with Crippen LogP contribution in [-0.2, 0) is 18.8 Å². The van der Waals surface area contributed by atoms with Crippen LogP contribution in [0.15, 0.2) is 29.4 Å². The maximum Gasteiger partial charge on any atom is 0.191 e. The highest BCUT2D eigenvalue weighted by Gasteiger charge is 2.11. The number of hydrogen-bond donors (Lipinski definition) is 1. The number of rotatable bonds is 5. The predicted molar refractivity (Wildman–Crippen MR) is 82.8 cm³/mol. The summed E-state index contributed by atoms with van der Waals surface area (Å²) in [5.74, 6) is 1.64.